The number of hydrogen-bond acceptors (Lipinski definition) is 6. The van der Waals surface area contributed by atoms with Crippen LogP contribution in [0.1, 0.15) is 26.5 Å². The molecule has 10 heteroatoms. The molecule has 0 saturated carbocycles. The zero-order valence-corrected chi connectivity index (χ0v) is 18.9. The standard InChI is InChI=1S/C25H18N4O5S/c30-24(27-18-11-13-19(14-12-18)28-25(31)21-5-3-15-34-21)16-7-9-17(10-8-16)26-23-20-4-1-2-6-22(20)35(32,33)29-23/h1-15H,(H,26,29)(H,27,30)(H,28,31). The lowest BCUT2D eigenvalue weighted by atomic mass is 10.1. The van der Waals surface area contributed by atoms with Crippen molar-refractivity contribution in [1.82, 2.24) is 0 Å². The van der Waals surface area contributed by atoms with E-state index in [1.807, 2.05) is 0 Å². The van der Waals surface area contributed by atoms with Crippen LogP contribution in [0.15, 0.2) is 105 Å². The average molecular weight is 487 g/mol. The van der Waals surface area contributed by atoms with E-state index in [0.717, 1.165) is 0 Å². The third-order valence-corrected chi connectivity index (χ3v) is 6.52. The number of benzene rings is 3. The van der Waals surface area contributed by atoms with E-state index in [2.05, 4.69) is 20.3 Å². The average Bonchev–Trinajstić information content (AvgIpc) is 3.48. The number of sulfonamides is 1. The van der Waals surface area contributed by atoms with Crippen LogP contribution in [0.3, 0.4) is 0 Å². The van der Waals surface area contributed by atoms with Crippen LogP contribution < -0.4 is 16.0 Å². The van der Waals surface area contributed by atoms with Crippen molar-refractivity contribution in [2.75, 3.05) is 16.0 Å². The van der Waals surface area contributed by atoms with Gasteiger partial charge < -0.3 is 20.4 Å². The first kappa shape index (κ1) is 22.1. The Hall–Kier alpha value is -4.70. The lowest BCUT2D eigenvalue weighted by Crippen LogP contribution is -2.14. The van der Waals surface area contributed by atoms with Gasteiger partial charge in [0.15, 0.2) is 11.6 Å². The number of rotatable bonds is 5. The van der Waals surface area contributed by atoms with E-state index >= 15 is 0 Å². The molecule has 4 aromatic rings. The van der Waals surface area contributed by atoms with E-state index in [4.69, 9.17) is 4.42 Å². The maximum Gasteiger partial charge on any atom is 0.291 e. The fraction of sp³-hybridized carbons (Fsp3) is 0. The predicted molar refractivity (Wildman–Crippen MR) is 131 cm³/mol. The quantitative estimate of drug-likeness (QED) is 0.385. The van der Waals surface area contributed by atoms with E-state index in [0.29, 0.717) is 28.2 Å². The van der Waals surface area contributed by atoms with Crippen molar-refractivity contribution in [2.24, 2.45) is 4.40 Å². The molecule has 174 valence electrons. The van der Waals surface area contributed by atoms with Gasteiger partial charge in [0.25, 0.3) is 21.8 Å². The number of nitrogens with one attached hydrogen (secondary N) is 3. The Kier molecular flexibility index (Phi) is 5.63. The summed E-state index contributed by atoms with van der Waals surface area (Å²) in [7, 11) is -3.72. The molecule has 0 aliphatic carbocycles. The topological polar surface area (TPSA) is 130 Å². The molecule has 0 spiro atoms. The molecule has 0 unspecified atom stereocenters. The zero-order chi connectivity index (χ0) is 24.4. The number of amides is 2. The molecule has 1 aliphatic rings. The van der Waals surface area contributed by atoms with Crippen molar-refractivity contribution in [3.05, 3.63) is 108 Å². The summed E-state index contributed by atoms with van der Waals surface area (Å²) in [4.78, 5) is 24.8. The minimum Gasteiger partial charge on any atom is -0.459 e. The smallest absolute Gasteiger partial charge is 0.291 e. The Morgan fingerprint density at radius 3 is 2.00 bits per heavy atom. The van der Waals surface area contributed by atoms with Crippen LogP contribution in [-0.2, 0) is 10.0 Å². The van der Waals surface area contributed by atoms with Crippen LogP contribution in [0.4, 0.5) is 17.1 Å². The molecule has 35 heavy (non-hydrogen) atoms. The van der Waals surface area contributed by atoms with Gasteiger partial charge >= 0.3 is 0 Å². The van der Waals surface area contributed by atoms with Gasteiger partial charge in [0.1, 0.15) is 4.90 Å². The molecule has 0 atom stereocenters. The van der Waals surface area contributed by atoms with Crippen molar-refractivity contribution in [3.8, 4) is 0 Å². The molecule has 1 aliphatic heterocycles. The number of anilines is 3. The minimum atomic E-state index is -3.72. The van der Waals surface area contributed by atoms with Gasteiger partial charge in [-0.25, -0.2) is 0 Å². The molecule has 0 saturated heterocycles. The lowest BCUT2D eigenvalue weighted by Gasteiger charge is -2.09. The maximum atomic E-state index is 12.6. The molecule has 0 bridgehead atoms. The molecule has 0 radical (unpaired) electrons. The largest absolute Gasteiger partial charge is 0.459 e. The van der Waals surface area contributed by atoms with Gasteiger partial charge in [0, 0.05) is 28.2 Å². The molecule has 2 heterocycles. The molecule has 1 aromatic heterocycles. The fourth-order valence-electron chi connectivity index (χ4n) is 3.48. The molecule has 3 aromatic carbocycles. The fourth-order valence-corrected chi connectivity index (χ4v) is 4.65. The van der Waals surface area contributed by atoms with Crippen molar-refractivity contribution in [2.45, 2.75) is 4.90 Å². The Balaban J connectivity index is 1.22. The molecule has 3 N–H and O–H groups in total. The number of hydrogen-bond donors (Lipinski definition) is 3. The van der Waals surface area contributed by atoms with Gasteiger partial charge in [-0.15, -0.1) is 4.40 Å². The Labute approximate surface area is 200 Å². The first-order chi connectivity index (χ1) is 16.9. The van der Waals surface area contributed by atoms with Gasteiger partial charge in [0.2, 0.25) is 0 Å². The molecular formula is C25H18N4O5S. The van der Waals surface area contributed by atoms with Crippen LogP contribution in [0.2, 0.25) is 0 Å². The van der Waals surface area contributed by atoms with Crippen molar-refractivity contribution in [1.29, 1.82) is 0 Å². The third-order valence-electron chi connectivity index (χ3n) is 5.19. The number of nitrogens with zero attached hydrogens (tertiary/aromatic N) is 1. The van der Waals surface area contributed by atoms with Gasteiger partial charge in [-0.1, -0.05) is 12.1 Å². The highest BCUT2D eigenvalue weighted by atomic mass is 32.2. The molecule has 0 fully saturated rings. The maximum absolute atomic E-state index is 12.6. The van der Waals surface area contributed by atoms with Crippen LogP contribution >= 0.6 is 0 Å². The molecular weight excluding hydrogens is 468 g/mol. The Morgan fingerprint density at radius 1 is 0.714 bits per heavy atom. The van der Waals surface area contributed by atoms with Crippen LogP contribution in [-0.4, -0.2) is 26.1 Å². The summed E-state index contributed by atoms with van der Waals surface area (Å²) in [6.07, 6.45) is 1.42. The Bertz CT molecular complexity index is 1540. The van der Waals surface area contributed by atoms with Crippen LogP contribution in [0.25, 0.3) is 0 Å². The highest BCUT2D eigenvalue weighted by Crippen LogP contribution is 2.27. The summed E-state index contributed by atoms with van der Waals surface area (Å²) in [5.74, 6) is -0.261. The van der Waals surface area contributed by atoms with Crippen LogP contribution in [0, 0.1) is 0 Å². The monoisotopic (exact) mass is 486 g/mol. The van der Waals surface area contributed by atoms with Gasteiger partial charge in [-0.2, -0.15) is 8.42 Å². The second kappa shape index (κ2) is 8.92. The van der Waals surface area contributed by atoms with E-state index < -0.39 is 10.0 Å². The van der Waals surface area contributed by atoms with Gasteiger partial charge in [-0.3, -0.25) is 9.59 Å². The number of fused-ring (bicyclic) bond motifs is 1. The SMILES string of the molecule is O=C(Nc1ccc(NC(=O)c2ccco2)cc1)c1ccc(NC2=NS(=O)(=O)c3ccccc32)cc1. The zero-order valence-electron chi connectivity index (χ0n) is 18.1. The van der Waals surface area contributed by atoms with Crippen molar-refractivity contribution in [3.63, 3.8) is 0 Å². The summed E-state index contributed by atoms with van der Waals surface area (Å²) in [5.41, 5.74) is 2.60. The van der Waals surface area contributed by atoms with Crippen molar-refractivity contribution < 1.29 is 22.4 Å². The second-order valence-corrected chi connectivity index (χ2v) is 9.15. The van der Waals surface area contributed by atoms with E-state index in [9.17, 15) is 18.0 Å². The number of carbonyl (C=O) groups is 2. The van der Waals surface area contributed by atoms with E-state index in [1.165, 1.54) is 12.3 Å². The number of furan rings is 1. The highest BCUT2D eigenvalue weighted by molar-refractivity contribution is 7.90. The molecule has 2 amide bonds. The van der Waals surface area contributed by atoms with Gasteiger partial charge in [-0.05, 0) is 72.8 Å². The number of carbonyl (C=O) groups excluding carboxylic acids is 2. The molecule has 9 nitrogen and oxygen atoms in total. The third kappa shape index (κ3) is 4.68. The second-order valence-electron chi connectivity index (χ2n) is 7.58. The first-order valence-electron chi connectivity index (χ1n) is 10.5. The van der Waals surface area contributed by atoms with Crippen LogP contribution in [0.5, 0.6) is 0 Å². The molecule has 5 rings (SSSR count). The minimum absolute atomic E-state index is 0.157. The summed E-state index contributed by atoms with van der Waals surface area (Å²) in [6.45, 7) is 0. The lowest BCUT2D eigenvalue weighted by molar-refractivity contribution is 0.0994. The summed E-state index contributed by atoms with van der Waals surface area (Å²) in [6, 6.07) is 23.0. The van der Waals surface area contributed by atoms with E-state index in [1.54, 1.807) is 78.9 Å². The Morgan fingerprint density at radius 2 is 1.34 bits per heavy atom. The first-order valence-corrected chi connectivity index (χ1v) is 11.9. The summed E-state index contributed by atoms with van der Waals surface area (Å²) in [5, 5.41) is 8.49. The summed E-state index contributed by atoms with van der Waals surface area (Å²) >= 11 is 0. The highest BCUT2D eigenvalue weighted by Gasteiger charge is 2.28. The van der Waals surface area contributed by atoms with Gasteiger partial charge in [0.05, 0.1) is 6.26 Å². The van der Waals surface area contributed by atoms with E-state index in [-0.39, 0.29) is 28.3 Å². The number of amidine groups is 1. The normalized spacial score (nSPS) is 13.4. The summed E-state index contributed by atoms with van der Waals surface area (Å²) < 4.78 is 33.2. The van der Waals surface area contributed by atoms with Crippen molar-refractivity contribution >= 4 is 44.7 Å². The predicted octanol–water partition coefficient (Wildman–Crippen LogP) is 4.35.